The topological polar surface area (TPSA) is 73.0 Å². The third kappa shape index (κ3) is 4.84. The molecule has 2 heterocycles. The lowest BCUT2D eigenvalue weighted by molar-refractivity contribution is -0.139. The number of carbonyl (C=O) groups excluding carboxylic acids is 3. The molecule has 1 atom stereocenters. The third-order valence-electron chi connectivity index (χ3n) is 6.50. The minimum atomic E-state index is -0.388. The van der Waals surface area contributed by atoms with Gasteiger partial charge in [-0.3, -0.25) is 14.4 Å². The van der Waals surface area contributed by atoms with Crippen LogP contribution in [0, 0.1) is 5.82 Å². The number of piperazine rings is 1. The molecule has 2 aliphatic heterocycles. The van der Waals surface area contributed by atoms with Gasteiger partial charge in [0.15, 0.2) is 0 Å². The monoisotopic (exact) mass is 452 g/mol. The van der Waals surface area contributed by atoms with Crippen molar-refractivity contribution in [3.63, 3.8) is 0 Å². The molecule has 1 saturated heterocycles. The van der Waals surface area contributed by atoms with Gasteiger partial charge in [-0.05, 0) is 61.7 Å². The normalized spacial score (nSPS) is 16.8. The van der Waals surface area contributed by atoms with E-state index in [-0.39, 0.29) is 29.6 Å². The molecule has 1 fully saturated rings. The van der Waals surface area contributed by atoms with Gasteiger partial charge >= 0.3 is 0 Å². The predicted molar refractivity (Wildman–Crippen MR) is 125 cm³/mol. The van der Waals surface area contributed by atoms with Crippen LogP contribution in [0.5, 0.6) is 0 Å². The number of hydrogen-bond donors (Lipinski definition) is 1. The Morgan fingerprint density at radius 2 is 1.61 bits per heavy atom. The fourth-order valence-corrected chi connectivity index (χ4v) is 4.61. The number of nitrogens with zero attached hydrogens (tertiary/aromatic N) is 3. The fraction of sp³-hybridized carbons (Fsp3) is 0.400. The van der Waals surface area contributed by atoms with E-state index in [0.29, 0.717) is 37.4 Å². The molecule has 7 nitrogen and oxygen atoms in total. The van der Waals surface area contributed by atoms with E-state index in [1.54, 1.807) is 11.8 Å². The second-order valence-corrected chi connectivity index (χ2v) is 8.57. The Bertz CT molecular complexity index is 1050. The molecular formula is C25H29FN4O3. The molecule has 2 aliphatic rings. The fourth-order valence-electron chi connectivity index (χ4n) is 4.61. The quantitative estimate of drug-likeness (QED) is 0.774. The number of hydrogen-bond acceptors (Lipinski definition) is 4. The first-order valence-corrected chi connectivity index (χ1v) is 11.3. The van der Waals surface area contributed by atoms with Crippen LogP contribution in [-0.2, 0) is 16.0 Å². The molecule has 33 heavy (non-hydrogen) atoms. The van der Waals surface area contributed by atoms with Crippen LogP contribution in [0.3, 0.4) is 0 Å². The molecule has 0 saturated carbocycles. The summed E-state index contributed by atoms with van der Waals surface area (Å²) >= 11 is 0. The van der Waals surface area contributed by atoms with Crippen LogP contribution in [0.25, 0.3) is 0 Å². The van der Waals surface area contributed by atoms with Gasteiger partial charge in [-0.2, -0.15) is 0 Å². The highest BCUT2D eigenvalue weighted by molar-refractivity contribution is 6.05. The number of rotatable bonds is 4. The van der Waals surface area contributed by atoms with Crippen molar-refractivity contribution in [1.29, 1.82) is 0 Å². The van der Waals surface area contributed by atoms with Gasteiger partial charge in [0.1, 0.15) is 11.9 Å². The predicted octanol–water partition coefficient (Wildman–Crippen LogP) is 2.91. The van der Waals surface area contributed by atoms with Crippen molar-refractivity contribution < 1.29 is 18.8 Å². The van der Waals surface area contributed by atoms with E-state index < -0.39 is 0 Å². The van der Waals surface area contributed by atoms with Gasteiger partial charge in [-0.1, -0.05) is 6.07 Å². The van der Waals surface area contributed by atoms with Crippen molar-refractivity contribution in [2.75, 3.05) is 42.9 Å². The van der Waals surface area contributed by atoms with Gasteiger partial charge in [0.25, 0.3) is 5.91 Å². The molecule has 0 bridgehead atoms. The van der Waals surface area contributed by atoms with Gasteiger partial charge in [0.05, 0.1) is 0 Å². The lowest BCUT2D eigenvalue weighted by Gasteiger charge is -2.40. The largest absolute Gasteiger partial charge is 0.359 e. The van der Waals surface area contributed by atoms with Gasteiger partial charge in [0.2, 0.25) is 11.8 Å². The Kier molecular flexibility index (Phi) is 6.62. The van der Waals surface area contributed by atoms with Crippen molar-refractivity contribution in [3.8, 4) is 0 Å². The molecule has 8 heteroatoms. The third-order valence-corrected chi connectivity index (χ3v) is 6.50. The standard InChI is InChI=1S/C25H29FN4O3/c1-17(25(33)29-15-13-28(14-16-29)18(2)31)30-12-4-5-21-22(6-3-7-23(21)30)27-24(32)19-8-10-20(26)11-9-19/h3,6-11,17H,4-5,12-16H2,1-2H3,(H,27,32). The van der Waals surface area contributed by atoms with Crippen LogP contribution in [-0.4, -0.2) is 66.3 Å². The summed E-state index contributed by atoms with van der Waals surface area (Å²) in [7, 11) is 0. The summed E-state index contributed by atoms with van der Waals surface area (Å²) in [4.78, 5) is 43.2. The summed E-state index contributed by atoms with van der Waals surface area (Å²) in [6.45, 7) is 6.42. The second-order valence-electron chi connectivity index (χ2n) is 8.57. The van der Waals surface area contributed by atoms with E-state index in [1.807, 2.05) is 30.0 Å². The molecule has 4 rings (SSSR count). The van der Waals surface area contributed by atoms with Crippen molar-refractivity contribution in [2.45, 2.75) is 32.7 Å². The van der Waals surface area contributed by atoms with Crippen LogP contribution in [0.4, 0.5) is 15.8 Å². The summed E-state index contributed by atoms with van der Waals surface area (Å²) in [5.41, 5.74) is 3.04. The van der Waals surface area contributed by atoms with Crippen LogP contribution in [0.1, 0.15) is 36.2 Å². The number of fused-ring (bicyclic) bond motifs is 1. The molecule has 0 spiro atoms. The first-order valence-electron chi connectivity index (χ1n) is 11.3. The van der Waals surface area contributed by atoms with E-state index in [9.17, 15) is 18.8 Å². The van der Waals surface area contributed by atoms with E-state index >= 15 is 0 Å². The average Bonchev–Trinajstić information content (AvgIpc) is 2.83. The molecule has 2 aromatic carbocycles. The minimum absolute atomic E-state index is 0.0373. The van der Waals surface area contributed by atoms with Crippen LogP contribution in [0.15, 0.2) is 42.5 Å². The number of anilines is 2. The molecule has 174 valence electrons. The van der Waals surface area contributed by atoms with E-state index in [4.69, 9.17) is 0 Å². The Balaban J connectivity index is 1.49. The number of benzene rings is 2. The minimum Gasteiger partial charge on any atom is -0.359 e. The highest BCUT2D eigenvalue weighted by atomic mass is 19.1. The number of amides is 3. The summed E-state index contributed by atoms with van der Waals surface area (Å²) in [6.07, 6.45) is 1.66. The maximum Gasteiger partial charge on any atom is 0.255 e. The molecule has 0 radical (unpaired) electrons. The lowest BCUT2D eigenvalue weighted by Crippen LogP contribution is -2.55. The SMILES string of the molecule is CC(=O)N1CCN(C(=O)C(C)N2CCCc3c(NC(=O)c4ccc(F)cc4)cccc32)CC1. The number of carbonyl (C=O) groups is 3. The Morgan fingerprint density at radius 1 is 0.939 bits per heavy atom. The van der Waals surface area contributed by atoms with E-state index in [2.05, 4.69) is 10.2 Å². The van der Waals surface area contributed by atoms with Crippen LogP contribution >= 0.6 is 0 Å². The van der Waals surface area contributed by atoms with Gasteiger partial charge in [0, 0.05) is 56.6 Å². The molecule has 2 aromatic rings. The maximum atomic E-state index is 13.2. The lowest BCUT2D eigenvalue weighted by atomic mass is 9.97. The van der Waals surface area contributed by atoms with Crippen LogP contribution in [0.2, 0.25) is 0 Å². The highest BCUT2D eigenvalue weighted by Gasteiger charge is 2.32. The van der Waals surface area contributed by atoms with Crippen molar-refractivity contribution >= 4 is 29.1 Å². The Morgan fingerprint density at radius 3 is 2.27 bits per heavy atom. The average molecular weight is 453 g/mol. The second kappa shape index (κ2) is 9.60. The summed E-state index contributed by atoms with van der Waals surface area (Å²) in [6, 6.07) is 10.8. The Labute approximate surface area is 193 Å². The zero-order valence-corrected chi connectivity index (χ0v) is 19.0. The van der Waals surface area contributed by atoms with Gasteiger partial charge in [-0.25, -0.2) is 4.39 Å². The summed E-state index contributed by atoms with van der Waals surface area (Å²) < 4.78 is 13.2. The maximum absolute atomic E-state index is 13.2. The van der Waals surface area contributed by atoms with E-state index in [0.717, 1.165) is 30.6 Å². The summed E-state index contributed by atoms with van der Waals surface area (Å²) in [5.74, 6) is -0.601. The smallest absolute Gasteiger partial charge is 0.255 e. The molecule has 3 amide bonds. The molecule has 1 N–H and O–H groups in total. The van der Waals surface area contributed by atoms with E-state index in [1.165, 1.54) is 24.3 Å². The van der Waals surface area contributed by atoms with Crippen molar-refractivity contribution in [2.24, 2.45) is 0 Å². The molecular weight excluding hydrogens is 423 g/mol. The van der Waals surface area contributed by atoms with Crippen molar-refractivity contribution in [1.82, 2.24) is 9.80 Å². The first-order chi connectivity index (χ1) is 15.8. The zero-order chi connectivity index (χ0) is 23.5. The van der Waals surface area contributed by atoms with Crippen LogP contribution < -0.4 is 10.2 Å². The highest BCUT2D eigenvalue weighted by Crippen LogP contribution is 2.34. The molecule has 0 aliphatic carbocycles. The number of halogens is 1. The van der Waals surface area contributed by atoms with Gasteiger partial charge < -0.3 is 20.0 Å². The summed E-state index contributed by atoms with van der Waals surface area (Å²) in [5, 5.41) is 2.95. The molecule has 1 unspecified atom stereocenters. The zero-order valence-electron chi connectivity index (χ0n) is 19.0. The number of nitrogens with one attached hydrogen (secondary N) is 1. The van der Waals surface area contributed by atoms with Crippen molar-refractivity contribution in [3.05, 3.63) is 59.4 Å². The molecule has 0 aromatic heterocycles. The Hall–Kier alpha value is -3.42. The van der Waals surface area contributed by atoms with Gasteiger partial charge in [-0.15, -0.1) is 0 Å². The first kappa shape index (κ1) is 22.8.